The van der Waals surface area contributed by atoms with E-state index in [2.05, 4.69) is 22.1 Å². The van der Waals surface area contributed by atoms with Crippen LogP contribution in [0.1, 0.15) is 54.1 Å². The number of piperidine rings is 1. The van der Waals surface area contributed by atoms with E-state index in [4.69, 9.17) is 4.42 Å². The summed E-state index contributed by atoms with van der Waals surface area (Å²) in [5, 5.41) is 3.90. The van der Waals surface area contributed by atoms with E-state index in [-0.39, 0.29) is 11.9 Å². The highest BCUT2D eigenvalue weighted by molar-refractivity contribution is 7.18. The first-order chi connectivity index (χ1) is 13.1. The predicted molar refractivity (Wildman–Crippen MR) is 108 cm³/mol. The first kappa shape index (κ1) is 18.2. The van der Waals surface area contributed by atoms with Crippen molar-refractivity contribution in [2.75, 3.05) is 13.1 Å². The Balaban J connectivity index is 1.37. The fourth-order valence-electron chi connectivity index (χ4n) is 3.43. The van der Waals surface area contributed by atoms with Gasteiger partial charge in [0.05, 0.1) is 22.8 Å². The van der Waals surface area contributed by atoms with Crippen molar-refractivity contribution < 1.29 is 9.21 Å². The SMILES string of the molecule is CC1CCN(Cc2ccc(C(=O)N[C@H](C)c3nc4ccccc4s3)o2)CC1. The molecule has 1 N–H and O–H groups in total. The second-order valence-corrected chi connectivity index (χ2v) is 8.50. The summed E-state index contributed by atoms with van der Waals surface area (Å²) < 4.78 is 6.93. The Bertz CT molecular complexity index is 891. The Morgan fingerprint density at radius 3 is 2.85 bits per heavy atom. The molecule has 0 saturated carbocycles. The number of para-hydroxylation sites is 1. The van der Waals surface area contributed by atoms with Gasteiger partial charge in [0.1, 0.15) is 10.8 Å². The summed E-state index contributed by atoms with van der Waals surface area (Å²) in [5.41, 5.74) is 0.967. The number of nitrogens with zero attached hydrogens (tertiary/aromatic N) is 2. The van der Waals surface area contributed by atoms with Crippen molar-refractivity contribution in [3.8, 4) is 0 Å². The van der Waals surface area contributed by atoms with Crippen molar-refractivity contribution in [1.29, 1.82) is 0 Å². The molecule has 4 rings (SSSR count). The number of carbonyl (C=O) groups excluding carboxylic acids is 1. The summed E-state index contributed by atoms with van der Waals surface area (Å²) in [6, 6.07) is 11.5. The van der Waals surface area contributed by atoms with Crippen LogP contribution in [0.3, 0.4) is 0 Å². The van der Waals surface area contributed by atoms with Crippen LogP contribution in [0.25, 0.3) is 10.2 Å². The van der Waals surface area contributed by atoms with Crippen molar-refractivity contribution in [2.45, 2.75) is 39.3 Å². The first-order valence-electron chi connectivity index (χ1n) is 9.56. The summed E-state index contributed by atoms with van der Waals surface area (Å²) in [7, 11) is 0. The summed E-state index contributed by atoms with van der Waals surface area (Å²) >= 11 is 1.61. The molecule has 1 amide bonds. The molecule has 142 valence electrons. The number of benzene rings is 1. The van der Waals surface area contributed by atoms with E-state index in [1.165, 1.54) is 12.8 Å². The Labute approximate surface area is 163 Å². The van der Waals surface area contributed by atoms with Gasteiger partial charge in [-0.1, -0.05) is 19.1 Å². The highest BCUT2D eigenvalue weighted by Crippen LogP contribution is 2.26. The normalized spacial score (nSPS) is 17.3. The first-order valence-corrected chi connectivity index (χ1v) is 10.4. The maximum absolute atomic E-state index is 12.6. The van der Waals surface area contributed by atoms with Crippen LogP contribution in [-0.2, 0) is 6.54 Å². The van der Waals surface area contributed by atoms with Crippen LogP contribution < -0.4 is 5.32 Å². The van der Waals surface area contributed by atoms with Gasteiger partial charge in [-0.3, -0.25) is 9.69 Å². The van der Waals surface area contributed by atoms with Crippen molar-refractivity contribution in [3.63, 3.8) is 0 Å². The Morgan fingerprint density at radius 1 is 1.30 bits per heavy atom. The second kappa shape index (κ2) is 7.82. The fourth-order valence-corrected chi connectivity index (χ4v) is 4.40. The van der Waals surface area contributed by atoms with Crippen LogP contribution in [0.15, 0.2) is 40.8 Å². The number of hydrogen-bond donors (Lipinski definition) is 1. The van der Waals surface area contributed by atoms with E-state index in [1.54, 1.807) is 17.4 Å². The van der Waals surface area contributed by atoms with Gasteiger partial charge >= 0.3 is 0 Å². The molecule has 5 nitrogen and oxygen atoms in total. The van der Waals surface area contributed by atoms with E-state index in [0.717, 1.165) is 46.5 Å². The lowest BCUT2D eigenvalue weighted by atomic mass is 9.99. The number of likely N-dealkylation sites (tertiary alicyclic amines) is 1. The molecule has 3 aromatic rings. The molecule has 0 bridgehead atoms. The summed E-state index contributed by atoms with van der Waals surface area (Å²) in [6.45, 7) is 7.22. The molecule has 0 unspecified atom stereocenters. The zero-order chi connectivity index (χ0) is 18.8. The molecule has 1 saturated heterocycles. The molecule has 6 heteroatoms. The van der Waals surface area contributed by atoms with Crippen LogP contribution in [0, 0.1) is 5.92 Å². The maximum atomic E-state index is 12.6. The molecule has 0 aliphatic carbocycles. The monoisotopic (exact) mass is 383 g/mol. The molecule has 2 aromatic heterocycles. The molecule has 3 heterocycles. The van der Waals surface area contributed by atoms with Crippen LogP contribution >= 0.6 is 11.3 Å². The molecule has 27 heavy (non-hydrogen) atoms. The average Bonchev–Trinajstić information content (AvgIpc) is 3.30. The van der Waals surface area contributed by atoms with Crippen LogP contribution in [-0.4, -0.2) is 28.9 Å². The number of fused-ring (bicyclic) bond motifs is 1. The van der Waals surface area contributed by atoms with E-state index in [9.17, 15) is 4.79 Å². The maximum Gasteiger partial charge on any atom is 0.287 e. The number of furan rings is 1. The van der Waals surface area contributed by atoms with Crippen molar-refractivity contribution in [3.05, 3.63) is 52.9 Å². The van der Waals surface area contributed by atoms with Gasteiger partial charge < -0.3 is 9.73 Å². The molecule has 0 spiro atoms. The Hall–Kier alpha value is -2.18. The third-order valence-corrected chi connectivity index (χ3v) is 6.39. The van der Waals surface area contributed by atoms with Gasteiger partial charge in [-0.2, -0.15) is 0 Å². The molecule has 1 aliphatic heterocycles. The van der Waals surface area contributed by atoms with Gasteiger partial charge in [0.25, 0.3) is 5.91 Å². The molecule has 1 aliphatic rings. The lowest BCUT2D eigenvalue weighted by Gasteiger charge is -2.29. The summed E-state index contributed by atoms with van der Waals surface area (Å²) in [5.74, 6) is 1.83. The molecule has 1 fully saturated rings. The molecule has 1 atom stereocenters. The van der Waals surface area contributed by atoms with Crippen molar-refractivity contribution >= 4 is 27.5 Å². The largest absolute Gasteiger partial charge is 0.455 e. The average molecular weight is 384 g/mol. The topological polar surface area (TPSA) is 58.4 Å². The number of aromatic nitrogens is 1. The minimum atomic E-state index is -0.194. The minimum Gasteiger partial charge on any atom is -0.455 e. The van der Waals surface area contributed by atoms with E-state index < -0.39 is 0 Å². The second-order valence-electron chi connectivity index (χ2n) is 7.44. The summed E-state index contributed by atoms with van der Waals surface area (Å²) in [6.07, 6.45) is 2.46. The quantitative estimate of drug-likeness (QED) is 0.699. The number of carbonyl (C=O) groups is 1. The van der Waals surface area contributed by atoms with Crippen LogP contribution in [0.2, 0.25) is 0 Å². The number of rotatable bonds is 5. The van der Waals surface area contributed by atoms with Gasteiger partial charge in [-0.15, -0.1) is 11.3 Å². The third-order valence-electron chi connectivity index (χ3n) is 5.17. The lowest BCUT2D eigenvalue weighted by molar-refractivity contribution is 0.0906. The van der Waals surface area contributed by atoms with Crippen molar-refractivity contribution in [1.82, 2.24) is 15.2 Å². The van der Waals surface area contributed by atoms with E-state index in [1.807, 2.05) is 37.3 Å². The Morgan fingerprint density at radius 2 is 2.07 bits per heavy atom. The zero-order valence-electron chi connectivity index (χ0n) is 15.8. The third kappa shape index (κ3) is 4.22. The summed E-state index contributed by atoms with van der Waals surface area (Å²) in [4.78, 5) is 19.6. The highest BCUT2D eigenvalue weighted by atomic mass is 32.1. The fraction of sp³-hybridized carbons (Fsp3) is 0.429. The van der Waals surface area contributed by atoms with Gasteiger partial charge in [0.2, 0.25) is 0 Å². The standard InChI is InChI=1S/C21H25N3O2S/c1-14-9-11-24(12-10-14)13-16-7-8-18(26-16)20(25)22-15(2)21-23-17-5-3-4-6-19(17)27-21/h3-8,14-15H,9-13H2,1-2H3,(H,22,25)/t15-/m1/s1. The molecular weight excluding hydrogens is 358 g/mol. The Kier molecular flexibility index (Phi) is 5.27. The van der Waals surface area contributed by atoms with Crippen LogP contribution in [0.4, 0.5) is 0 Å². The number of thiazole rings is 1. The van der Waals surface area contributed by atoms with Crippen LogP contribution in [0.5, 0.6) is 0 Å². The van der Waals surface area contributed by atoms with Crippen molar-refractivity contribution in [2.24, 2.45) is 5.92 Å². The molecular formula is C21H25N3O2S. The molecule has 0 radical (unpaired) electrons. The number of hydrogen-bond acceptors (Lipinski definition) is 5. The van der Waals surface area contributed by atoms with Gasteiger partial charge in [-0.05, 0) is 63.0 Å². The predicted octanol–water partition coefficient (Wildman–Crippen LogP) is 4.61. The van der Waals surface area contributed by atoms with Gasteiger partial charge in [0.15, 0.2) is 5.76 Å². The number of nitrogens with one attached hydrogen (secondary N) is 1. The minimum absolute atomic E-state index is 0.160. The van der Waals surface area contributed by atoms with Gasteiger partial charge in [0, 0.05) is 0 Å². The molecule has 1 aromatic carbocycles. The number of amides is 1. The zero-order valence-corrected chi connectivity index (χ0v) is 16.6. The highest BCUT2D eigenvalue weighted by Gasteiger charge is 2.20. The van der Waals surface area contributed by atoms with E-state index >= 15 is 0 Å². The van der Waals surface area contributed by atoms with Gasteiger partial charge in [-0.25, -0.2) is 4.98 Å². The smallest absolute Gasteiger partial charge is 0.287 e. The lowest BCUT2D eigenvalue weighted by Crippen LogP contribution is -2.32. The van der Waals surface area contributed by atoms with E-state index in [0.29, 0.717) is 5.76 Å².